The van der Waals surface area contributed by atoms with Gasteiger partial charge in [0.1, 0.15) is 18.0 Å². The zero-order chi connectivity index (χ0) is 30.6. The molecule has 42 heavy (non-hydrogen) atoms. The van der Waals surface area contributed by atoms with E-state index in [1.165, 1.54) is 18.9 Å². The van der Waals surface area contributed by atoms with Gasteiger partial charge in [-0.25, -0.2) is 19.8 Å². The summed E-state index contributed by atoms with van der Waals surface area (Å²) in [7, 11) is 1.37. The zero-order valence-electron chi connectivity index (χ0n) is 24.7. The van der Waals surface area contributed by atoms with Crippen molar-refractivity contribution in [2.75, 3.05) is 37.3 Å². The fraction of sp³-hybridized carbons (Fsp3) is 0.467. The van der Waals surface area contributed by atoms with Crippen LogP contribution in [0.25, 0.3) is 0 Å². The molecule has 3 aliphatic rings. The van der Waals surface area contributed by atoms with Crippen molar-refractivity contribution in [3.63, 3.8) is 0 Å². The van der Waals surface area contributed by atoms with Crippen LogP contribution in [0.2, 0.25) is 0 Å². The largest absolute Gasteiger partial charge is 0.442 e. The third-order valence-electron chi connectivity index (χ3n) is 8.05. The number of likely N-dealkylation sites (tertiary alicyclic amines) is 1. The molecule has 2 aromatic rings. The first kappa shape index (κ1) is 29.0. The lowest BCUT2D eigenvalue weighted by molar-refractivity contribution is -0.170. The number of aromatic nitrogens is 1. The van der Waals surface area contributed by atoms with Crippen molar-refractivity contribution in [3.05, 3.63) is 53.2 Å². The van der Waals surface area contributed by atoms with Gasteiger partial charge in [-0.1, -0.05) is 12.1 Å². The molecule has 0 bridgehead atoms. The molecule has 0 radical (unpaired) electrons. The van der Waals surface area contributed by atoms with Crippen LogP contribution >= 0.6 is 0 Å². The number of hydrazine groups is 1. The highest BCUT2D eigenvalue weighted by molar-refractivity contribution is 6.06. The van der Waals surface area contributed by atoms with Crippen molar-refractivity contribution in [2.45, 2.75) is 58.5 Å². The van der Waals surface area contributed by atoms with Gasteiger partial charge in [0.15, 0.2) is 0 Å². The van der Waals surface area contributed by atoms with Crippen LogP contribution in [-0.4, -0.2) is 81.9 Å². The van der Waals surface area contributed by atoms with E-state index in [1.807, 2.05) is 24.3 Å². The number of ether oxygens (including phenoxy) is 1. The van der Waals surface area contributed by atoms with Crippen LogP contribution in [0.1, 0.15) is 51.3 Å². The molecular weight excluding hydrogens is 540 g/mol. The maximum Gasteiger partial charge on any atom is 0.429 e. The standard InChI is InChI=1S/C30H36N6O6/c1-18(37)35-16-29(5,17-35)26(40)36(34(6)27(41)42-28(2,3)4)15-23(38)32-21-10-9-19-13-30(14-20(19)12-21)22-8-7-11-31-24(22)33-25(30)39/h7-12H,13-17H2,1-6H3,(H,32,38)(H,31,33,39)/t30-/m1/s1. The number of amides is 5. The summed E-state index contributed by atoms with van der Waals surface area (Å²) in [6.07, 6.45) is 1.85. The second-order valence-corrected chi connectivity index (χ2v) is 12.6. The van der Waals surface area contributed by atoms with Crippen LogP contribution in [-0.2, 0) is 42.2 Å². The van der Waals surface area contributed by atoms with Crippen LogP contribution in [0.5, 0.6) is 0 Å². The number of hydrogen-bond donors (Lipinski definition) is 2. The summed E-state index contributed by atoms with van der Waals surface area (Å²) in [6, 6.07) is 9.22. The second-order valence-electron chi connectivity index (χ2n) is 12.6. The van der Waals surface area contributed by atoms with E-state index in [1.54, 1.807) is 40.0 Å². The summed E-state index contributed by atoms with van der Waals surface area (Å²) in [5, 5.41) is 7.79. The Hall–Kier alpha value is -4.48. The van der Waals surface area contributed by atoms with Crippen LogP contribution in [0.3, 0.4) is 0 Å². The lowest BCUT2D eigenvalue weighted by Gasteiger charge is -2.49. The molecule has 12 heteroatoms. The van der Waals surface area contributed by atoms with Crippen LogP contribution in [0.4, 0.5) is 16.3 Å². The van der Waals surface area contributed by atoms with Gasteiger partial charge in [-0.15, -0.1) is 0 Å². The minimum absolute atomic E-state index is 0.0925. The normalized spacial score (nSPS) is 19.8. The molecule has 1 atom stereocenters. The number of carbonyl (C=O) groups excluding carboxylic acids is 5. The first-order valence-electron chi connectivity index (χ1n) is 13.8. The van der Waals surface area contributed by atoms with E-state index in [2.05, 4.69) is 15.6 Å². The SMILES string of the molecule is CC(=O)N1CC(C)(C(=O)N(CC(=O)Nc2ccc3c(c2)C[C@@]2(C3)C(=O)Nc3ncccc32)N(C)C(=O)OC(C)(C)C)C1. The number of benzene rings is 1. The topological polar surface area (TPSA) is 141 Å². The van der Waals surface area contributed by atoms with Gasteiger partial charge in [0.05, 0.1) is 10.8 Å². The molecule has 1 spiro atoms. The molecule has 1 fully saturated rings. The van der Waals surface area contributed by atoms with Gasteiger partial charge < -0.3 is 20.3 Å². The van der Waals surface area contributed by atoms with Crippen molar-refractivity contribution in [2.24, 2.45) is 5.41 Å². The summed E-state index contributed by atoms with van der Waals surface area (Å²) in [6.45, 7) is 8.15. The minimum atomic E-state index is -0.961. The highest BCUT2D eigenvalue weighted by atomic mass is 16.6. The maximum absolute atomic E-state index is 13.7. The Balaban J connectivity index is 1.32. The van der Waals surface area contributed by atoms with E-state index < -0.39 is 40.9 Å². The van der Waals surface area contributed by atoms with Gasteiger partial charge >= 0.3 is 6.09 Å². The van der Waals surface area contributed by atoms with Crippen molar-refractivity contribution in [1.82, 2.24) is 19.9 Å². The van der Waals surface area contributed by atoms with E-state index in [-0.39, 0.29) is 24.9 Å². The smallest absolute Gasteiger partial charge is 0.429 e. The van der Waals surface area contributed by atoms with Crippen LogP contribution in [0, 0.1) is 5.41 Å². The van der Waals surface area contributed by atoms with Gasteiger partial charge in [-0.05, 0) is 69.9 Å². The molecule has 5 rings (SSSR count). The number of fused-ring (bicyclic) bond motifs is 3. The van der Waals surface area contributed by atoms with Crippen molar-refractivity contribution < 1.29 is 28.7 Å². The fourth-order valence-electron chi connectivity index (χ4n) is 5.89. The van der Waals surface area contributed by atoms with Gasteiger partial charge in [0.25, 0.3) is 5.91 Å². The second kappa shape index (κ2) is 10.1. The Morgan fingerprint density at radius 2 is 1.81 bits per heavy atom. The molecule has 2 aliphatic heterocycles. The summed E-state index contributed by atoms with van der Waals surface area (Å²) in [4.78, 5) is 70.4. The number of pyridine rings is 1. The molecule has 5 amide bonds. The highest BCUT2D eigenvalue weighted by Gasteiger charge is 2.52. The molecule has 12 nitrogen and oxygen atoms in total. The highest BCUT2D eigenvalue weighted by Crippen LogP contribution is 2.47. The molecule has 0 saturated carbocycles. The zero-order valence-corrected chi connectivity index (χ0v) is 24.7. The Bertz CT molecular complexity index is 1490. The molecule has 3 heterocycles. The summed E-state index contributed by atoms with van der Waals surface area (Å²) in [5.74, 6) is -0.664. The molecule has 1 aromatic carbocycles. The lowest BCUT2D eigenvalue weighted by atomic mass is 9.79. The maximum atomic E-state index is 13.7. The molecule has 1 aromatic heterocycles. The number of nitrogens with zero attached hydrogens (tertiary/aromatic N) is 4. The summed E-state index contributed by atoms with van der Waals surface area (Å²) >= 11 is 0. The molecule has 0 unspecified atom stereocenters. The van der Waals surface area contributed by atoms with Gasteiger partial charge in [0, 0.05) is 44.5 Å². The van der Waals surface area contributed by atoms with Crippen molar-refractivity contribution in [3.8, 4) is 0 Å². The van der Waals surface area contributed by atoms with E-state index >= 15 is 0 Å². The van der Waals surface area contributed by atoms with Crippen LogP contribution in [0.15, 0.2) is 36.5 Å². The van der Waals surface area contributed by atoms with E-state index in [0.29, 0.717) is 24.3 Å². The third kappa shape index (κ3) is 5.17. The number of carbonyl (C=O) groups is 5. The summed E-state index contributed by atoms with van der Waals surface area (Å²) in [5.41, 5.74) is 0.799. The van der Waals surface area contributed by atoms with E-state index in [4.69, 9.17) is 4.74 Å². The average Bonchev–Trinajstić information content (AvgIpc) is 3.40. The predicted octanol–water partition coefficient (Wildman–Crippen LogP) is 2.49. The monoisotopic (exact) mass is 576 g/mol. The van der Waals surface area contributed by atoms with Gasteiger partial charge in [-0.2, -0.15) is 0 Å². The number of hydrogen-bond acceptors (Lipinski definition) is 7. The Labute approximate surface area is 244 Å². The number of rotatable bonds is 4. The van der Waals surface area contributed by atoms with E-state index in [0.717, 1.165) is 26.7 Å². The van der Waals surface area contributed by atoms with Gasteiger partial charge in [0.2, 0.25) is 17.7 Å². The number of nitrogens with one attached hydrogen (secondary N) is 2. The van der Waals surface area contributed by atoms with Gasteiger partial charge in [-0.3, -0.25) is 19.2 Å². The third-order valence-corrected chi connectivity index (χ3v) is 8.05. The Morgan fingerprint density at radius 1 is 1.12 bits per heavy atom. The number of anilines is 2. The molecule has 222 valence electrons. The molecular formula is C30H36N6O6. The molecule has 1 saturated heterocycles. The average molecular weight is 577 g/mol. The first-order valence-corrected chi connectivity index (χ1v) is 13.8. The first-order chi connectivity index (χ1) is 19.6. The predicted molar refractivity (Wildman–Crippen MR) is 153 cm³/mol. The van der Waals surface area contributed by atoms with Crippen LogP contribution < -0.4 is 10.6 Å². The lowest BCUT2D eigenvalue weighted by Crippen LogP contribution is -2.66. The van der Waals surface area contributed by atoms with Crippen molar-refractivity contribution >= 4 is 41.2 Å². The Kier molecular flexibility index (Phi) is 6.99. The quantitative estimate of drug-likeness (QED) is 0.533. The minimum Gasteiger partial charge on any atom is -0.442 e. The molecule has 2 N–H and O–H groups in total. The summed E-state index contributed by atoms with van der Waals surface area (Å²) < 4.78 is 5.44. The van der Waals surface area contributed by atoms with E-state index in [9.17, 15) is 24.0 Å². The van der Waals surface area contributed by atoms with Crippen molar-refractivity contribution in [1.29, 1.82) is 0 Å². The molecule has 1 aliphatic carbocycles. The fourth-order valence-corrected chi connectivity index (χ4v) is 5.89. The Morgan fingerprint density at radius 3 is 2.48 bits per heavy atom.